The number of ether oxygens (including phenoxy) is 1. The van der Waals surface area contributed by atoms with Crippen molar-refractivity contribution in [2.45, 2.75) is 57.4 Å². The maximum Gasteiger partial charge on any atom is 0.317 e. The second kappa shape index (κ2) is 10.2. The van der Waals surface area contributed by atoms with E-state index in [4.69, 9.17) is 4.74 Å². The van der Waals surface area contributed by atoms with E-state index >= 15 is 0 Å². The van der Waals surface area contributed by atoms with Crippen LogP contribution in [0.2, 0.25) is 0 Å². The van der Waals surface area contributed by atoms with Crippen molar-refractivity contribution in [2.24, 2.45) is 11.8 Å². The maximum absolute atomic E-state index is 12.9. The lowest BCUT2D eigenvalue weighted by molar-refractivity contribution is 0.137. The summed E-state index contributed by atoms with van der Waals surface area (Å²) >= 11 is 0. The van der Waals surface area contributed by atoms with Gasteiger partial charge in [-0.15, -0.1) is 0 Å². The van der Waals surface area contributed by atoms with Crippen molar-refractivity contribution in [3.63, 3.8) is 0 Å². The molecule has 0 saturated heterocycles. The quantitative estimate of drug-likeness (QED) is 0.702. The number of carbonyl (C=O) groups is 1. The van der Waals surface area contributed by atoms with E-state index in [1.54, 1.807) is 7.11 Å². The first-order valence-corrected chi connectivity index (χ1v) is 9.81. The number of nitrogens with one attached hydrogen (secondary N) is 1. The van der Waals surface area contributed by atoms with Gasteiger partial charge in [-0.05, 0) is 51.6 Å². The average Bonchev–Trinajstić information content (AvgIpc) is 3.25. The molecule has 2 aliphatic rings. The van der Waals surface area contributed by atoms with Crippen LogP contribution >= 0.6 is 0 Å². The molecule has 0 unspecified atom stereocenters. The number of urea groups is 1. The minimum Gasteiger partial charge on any atom is -0.383 e. The summed E-state index contributed by atoms with van der Waals surface area (Å²) in [6, 6.07) is 0.490. The van der Waals surface area contributed by atoms with E-state index in [9.17, 15) is 4.79 Å². The molecule has 24 heavy (non-hydrogen) atoms. The molecule has 1 N–H and O–H groups in total. The van der Waals surface area contributed by atoms with Crippen molar-refractivity contribution in [2.75, 3.05) is 47.4 Å². The van der Waals surface area contributed by atoms with Crippen molar-refractivity contribution in [1.82, 2.24) is 15.1 Å². The molecule has 0 aromatic carbocycles. The fourth-order valence-corrected chi connectivity index (χ4v) is 4.32. The van der Waals surface area contributed by atoms with Crippen LogP contribution in [0, 0.1) is 11.8 Å². The van der Waals surface area contributed by atoms with E-state index < -0.39 is 0 Å². The third kappa shape index (κ3) is 5.92. The molecule has 0 spiro atoms. The van der Waals surface area contributed by atoms with Crippen LogP contribution in [0.1, 0.15) is 51.4 Å². The van der Waals surface area contributed by atoms with Gasteiger partial charge in [0.05, 0.1) is 6.61 Å². The highest BCUT2D eigenvalue weighted by atomic mass is 16.5. The summed E-state index contributed by atoms with van der Waals surface area (Å²) in [7, 11) is 5.79. The number of hydrogen-bond acceptors (Lipinski definition) is 3. The van der Waals surface area contributed by atoms with E-state index in [1.807, 2.05) is 19.0 Å². The Labute approximate surface area is 148 Å². The molecule has 0 heterocycles. The number of likely N-dealkylation sites (N-methyl/N-ethyl adjacent to an activating group) is 1. The van der Waals surface area contributed by atoms with Crippen LogP contribution in [0.25, 0.3) is 0 Å². The van der Waals surface area contributed by atoms with E-state index in [2.05, 4.69) is 10.2 Å². The van der Waals surface area contributed by atoms with E-state index in [1.165, 1.54) is 51.4 Å². The molecule has 2 aliphatic carbocycles. The monoisotopic (exact) mass is 339 g/mol. The van der Waals surface area contributed by atoms with E-state index in [-0.39, 0.29) is 6.03 Å². The number of methoxy groups -OCH3 is 1. The first kappa shape index (κ1) is 19.5. The Morgan fingerprint density at radius 1 is 1.00 bits per heavy atom. The Kier molecular flexibility index (Phi) is 8.33. The lowest BCUT2D eigenvalue weighted by atomic mass is 9.86. The molecule has 5 heteroatoms. The van der Waals surface area contributed by atoms with Crippen LogP contribution in [-0.2, 0) is 4.74 Å². The van der Waals surface area contributed by atoms with Crippen LogP contribution in [0.3, 0.4) is 0 Å². The molecule has 0 aromatic rings. The molecular weight excluding hydrogens is 302 g/mol. The summed E-state index contributed by atoms with van der Waals surface area (Å²) in [5.41, 5.74) is 0. The molecule has 2 amide bonds. The second-order valence-electron chi connectivity index (χ2n) is 7.85. The fourth-order valence-electron chi connectivity index (χ4n) is 4.32. The van der Waals surface area contributed by atoms with Crippen LogP contribution < -0.4 is 5.32 Å². The Balaban J connectivity index is 1.96. The highest BCUT2D eigenvalue weighted by Gasteiger charge is 2.34. The number of hydrogen-bond donors (Lipinski definition) is 1. The molecule has 0 atom stereocenters. The fraction of sp³-hybridized carbons (Fsp3) is 0.947. The molecule has 0 aromatic heterocycles. The number of nitrogens with zero attached hydrogens (tertiary/aromatic N) is 2. The lowest BCUT2D eigenvalue weighted by Gasteiger charge is -2.33. The zero-order chi connectivity index (χ0) is 17.4. The summed E-state index contributed by atoms with van der Waals surface area (Å²) in [4.78, 5) is 17.0. The standard InChI is InChI=1S/C19H37N3O2/c1-21(2)12-13-22(14-15-24-3)19(23)20-18(16-8-4-5-9-16)17-10-6-7-11-17/h16-18H,4-15H2,1-3H3,(H,20,23). The minimum absolute atomic E-state index is 0.109. The first-order valence-electron chi connectivity index (χ1n) is 9.81. The predicted molar refractivity (Wildman–Crippen MR) is 98.2 cm³/mol. The van der Waals surface area contributed by atoms with Crippen molar-refractivity contribution >= 4 is 6.03 Å². The zero-order valence-corrected chi connectivity index (χ0v) is 15.9. The lowest BCUT2D eigenvalue weighted by Crippen LogP contribution is -2.51. The molecular formula is C19H37N3O2. The maximum atomic E-state index is 12.9. The highest BCUT2D eigenvalue weighted by Crippen LogP contribution is 2.37. The third-order valence-corrected chi connectivity index (χ3v) is 5.78. The van der Waals surface area contributed by atoms with Gasteiger partial charge in [0.2, 0.25) is 0 Å². The normalized spacial score (nSPS) is 19.5. The molecule has 2 saturated carbocycles. The van der Waals surface area contributed by atoms with Crippen LogP contribution in [0.5, 0.6) is 0 Å². The van der Waals surface area contributed by atoms with Crippen LogP contribution in [0.4, 0.5) is 4.79 Å². The summed E-state index contributed by atoms with van der Waals surface area (Å²) < 4.78 is 5.20. The zero-order valence-electron chi connectivity index (χ0n) is 15.9. The highest BCUT2D eigenvalue weighted by molar-refractivity contribution is 5.74. The largest absolute Gasteiger partial charge is 0.383 e. The molecule has 0 radical (unpaired) electrons. The summed E-state index contributed by atoms with van der Waals surface area (Å²) in [5, 5.41) is 3.45. The predicted octanol–water partition coefficient (Wildman–Crippen LogP) is 2.96. The van der Waals surface area contributed by atoms with Crippen molar-refractivity contribution in [3.8, 4) is 0 Å². The number of amides is 2. The summed E-state index contributed by atoms with van der Waals surface area (Å²) in [6.07, 6.45) is 10.5. The number of rotatable bonds is 9. The first-order chi connectivity index (χ1) is 11.6. The van der Waals surface area contributed by atoms with Gasteiger partial charge in [0.15, 0.2) is 0 Å². The van der Waals surface area contributed by atoms with Gasteiger partial charge in [0, 0.05) is 32.8 Å². The molecule has 5 nitrogen and oxygen atoms in total. The van der Waals surface area contributed by atoms with Gasteiger partial charge in [-0.1, -0.05) is 25.7 Å². The van der Waals surface area contributed by atoms with Gasteiger partial charge >= 0.3 is 6.03 Å². The Morgan fingerprint density at radius 3 is 2.00 bits per heavy atom. The van der Waals surface area contributed by atoms with E-state index in [0.29, 0.717) is 31.0 Å². The summed E-state index contributed by atoms with van der Waals surface area (Å²) in [5.74, 6) is 1.38. The minimum atomic E-state index is 0.109. The van der Waals surface area contributed by atoms with Gasteiger partial charge in [0.1, 0.15) is 0 Å². The second-order valence-corrected chi connectivity index (χ2v) is 7.85. The average molecular weight is 340 g/mol. The van der Waals surface area contributed by atoms with Crippen LogP contribution in [-0.4, -0.2) is 69.3 Å². The number of carbonyl (C=O) groups excluding carboxylic acids is 1. The third-order valence-electron chi connectivity index (χ3n) is 5.78. The van der Waals surface area contributed by atoms with Gasteiger partial charge < -0.3 is 19.9 Å². The Bertz CT molecular complexity index is 348. The molecule has 2 fully saturated rings. The van der Waals surface area contributed by atoms with Crippen molar-refractivity contribution in [1.29, 1.82) is 0 Å². The van der Waals surface area contributed by atoms with Crippen molar-refractivity contribution in [3.05, 3.63) is 0 Å². The van der Waals surface area contributed by atoms with Gasteiger partial charge in [-0.3, -0.25) is 0 Å². The van der Waals surface area contributed by atoms with Gasteiger partial charge in [0.25, 0.3) is 0 Å². The molecule has 140 valence electrons. The van der Waals surface area contributed by atoms with Gasteiger partial charge in [-0.25, -0.2) is 4.79 Å². The van der Waals surface area contributed by atoms with Gasteiger partial charge in [-0.2, -0.15) is 0 Å². The summed E-state index contributed by atoms with van der Waals surface area (Å²) in [6.45, 7) is 2.90. The van der Waals surface area contributed by atoms with Crippen LogP contribution in [0.15, 0.2) is 0 Å². The Morgan fingerprint density at radius 2 is 1.54 bits per heavy atom. The molecule has 0 aliphatic heterocycles. The SMILES string of the molecule is COCCN(CCN(C)C)C(=O)NC(C1CCCC1)C1CCCC1. The smallest absolute Gasteiger partial charge is 0.317 e. The molecule has 2 rings (SSSR count). The molecule has 0 bridgehead atoms. The van der Waals surface area contributed by atoms with Crippen molar-refractivity contribution < 1.29 is 9.53 Å². The topological polar surface area (TPSA) is 44.8 Å². The Hall–Kier alpha value is -0.810. The van der Waals surface area contributed by atoms with E-state index in [0.717, 1.165) is 13.1 Å².